The second-order valence-electron chi connectivity index (χ2n) is 7.49. The number of likely N-dealkylation sites (tertiary alicyclic amines) is 1. The molecule has 1 unspecified atom stereocenters. The summed E-state index contributed by atoms with van der Waals surface area (Å²) in [4.78, 5) is 15.6. The molecule has 2 aromatic rings. The molecule has 2 heterocycles. The van der Waals surface area contributed by atoms with Gasteiger partial charge in [-0.1, -0.05) is 25.6 Å². The standard InChI is InChI=1S/C23H29N3O3S/c1-3-12-26-13-9-21(10-14-26)30(28)20-6-4-18(5-7-20)16-25-23(27)22-15-19(8-11-24)17(2)29-22/h4-8,11,15,21,24H,2-3,9-10,12-14,16H2,1H3,(H,25,27). The summed E-state index contributed by atoms with van der Waals surface area (Å²) in [7, 11) is -0.999. The summed E-state index contributed by atoms with van der Waals surface area (Å²) < 4.78 is 18.3. The fourth-order valence-corrected chi connectivity index (χ4v) is 5.08. The summed E-state index contributed by atoms with van der Waals surface area (Å²) >= 11 is 0. The number of carbonyl (C=O) groups excluding carboxylic acids is 1. The molecule has 1 aromatic carbocycles. The number of benzene rings is 1. The Labute approximate surface area is 179 Å². The molecule has 160 valence electrons. The summed E-state index contributed by atoms with van der Waals surface area (Å²) in [5.41, 5.74) is 1.28. The molecule has 0 aliphatic carbocycles. The molecule has 0 saturated carbocycles. The molecule has 1 aliphatic rings. The number of rotatable bonds is 8. The molecule has 30 heavy (non-hydrogen) atoms. The first kappa shape index (κ1) is 22.2. The van der Waals surface area contributed by atoms with E-state index in [1.165, 1.54) is 6.08 Å². The van der Waals surface area contributed by atoms with E-state index in [4.69, 9.17) is 9.83 Å². The van der Waals surface area contributed by atoms with E-state index in [-0.39, 0.29) is 16.9 Å². The normalized spacial score (nSPS) is 17.0. The van der Waals surface area contributed by atoms with Gasteiger partial charge in [-0.25, -0.2) is 0 Å². The predicted molar refractivity (Wildman–Crippen MR) is 121 cm³/mol. The number of furan rings is 1. The van der Waals surface area contributed by atoms with E-state index in [0.29, 0.717) is 17.2 Å². The van der Waals surface area contributed by atoms with Crippen LogP contribution in [0.25, 0.3) is 12.7 Å². The van der Waals surface area contributed by atoms with E-state index in [1.54, 1.807) is 6.07 Å². The molecule has 0 spiro atoms. The average Bonchev–Trinajstić information content (AvgIpc) is 3.13. The van der Waals surface area contributed by atoms with E-state index in [1.807, 2.05) is 24.3 Å². The van der Waals surface area contributed by atoms with Crippen LogP contribution >= 0.6 is 0 Å². The molecular weight excluding hydrogens is 398 g/mol. The highest BCUT2D eigenvalue weighted by Gasteiger charge is 2.24. The van der Waals surface area contributed by atoms with Gasteiger partial charge >= 0.3 is 0 Å². The van der Waals surface area contributed by atoms with E-state index < -0.39 is 10.8 Å². The van der Waals surface area contributed by atoms with Crippen LogP contribution < -0.4 is 16.0 Å². The van der Waals surface area contributed by atoms with Gasteiger partial charge in [0.2, 0.25) is 0 Å². The van der Waals surface area contributed by atoms with Crippen molar-refractivity contribution in [3.63, 3.8) is 0 Å². The van der Waals surface area contributed by atoms with Gasteiger partial charge in [-0.2, -0.15) is 0 Å². The Morgan fingerprint density at radius 3 is 2.67 bits per heavy atom. The molecule has 7 heteroatoms. The third kappa shape index (κ3) is 5.55. The third-order valence-electron chi connectivity index (χ3n) is 5.31. The van der Waals surface area contributed by atoms with Crippen LogP contribution in [-0.2, 0) is 17.3 Å². The van der Waals surface area contributed by atoms with Crippen LogP contribution in [0.5, 0.6) is 0 Å². The number of piperidine rings is 1. The Morgan fingerprint density at radius 1 is 1.33 bits per heavy atom. The van der Waals surface area contributed by atoms with Crippen LogP contribution in [0.3, 0.4) is 0 Å². The number of nitrogens with one attached hydrogen (secondary N) is 2. The highest BCUT2D eigenvalue weighted by atomic mass is 32.2. The molecule has 0 radical (unpaired) electrons. The average molecular weight is 428 g/mol. The van der Waals surface area contributed by atoms with E-state index in [2.05, 4.69) is 23.7 Å². The van der Waals surface area contributed by atoms with E-state index in [0.717, 1.165) is 55.6 Å². The summed E-state index contributed by atoms with van der Waals surface area (Å²) in [6, 6.07) is 9.18. The van der Waals surface area contributed by atoms with Gasteiger partial charge in [-0.05, 0) is 68.7 Å². The SMILES string of the molecule is C=c1oc(C(=O)NCc2ccc(S(=O)C3CCN(CCC)CC3)cc2)cc1=CC=N. The number of carbonyl (C=O) groups is 1. The van der Waals surface area contributed by atoms with Crippen molar-refractivity contribution in [3.05, 3.63) is 52.3 Å². The van der Waals surface area contributed by atoms with Gasteiger partial charge in [0.25, 0.3) is 5.91 Å². The monoisotopic (exact) mass is 427 g/mol. The lowest BCUT2D eigenvalue weighted by atomic mass is 10.1. The van der Waals surface area contributed by atoms with E-state index >= 15 is 0 Å². The fourth-order valence-electron chi connectivity index (χ4n) is 3.65. The lowest BCUT2D eigenvalue weighted by Gasteiger charge is -2.31. The minimum Gasteiger partial charge on any atom is -0.452 e. The second kappa shape index (κ2) is 10.5. The topological polar surface area (TPSA) is 86.4 Å². The molecule has 1 saturated heterocycles. The molecule has 6 nitrogen and oxygen atoms in total. The van der Waals surface area contributed by atoms with Crippen LogP contribution in [0.1, 0.15) is 42.3 Å². The zero-order valence-corrected chi connectivity index (χ0v) is 18.2. The predicted octanol–water partition coefficient (Wildman–Crippen LogP) is 2.03. The highest BCUT2D eigenvalue weighted by Crippen LogP contribution is 2.21. The fraction of sp³-hybridized carbons (Fsp3) is 0.391. The molecular formula is C23H29N3O3S. The van der Waals surface area contributed by atoms with Gasteiger partial charge in [0.15, 0.2) is 5.76 Å². The maximum atomic E-state index is 12.9. The van der Waals surface area contributed by atoms with Gasteiger partial charge in [0, 0.05) is 28.1 Å². The Morgan fingerprint density at radius 2 is 2.03 bits per heavy atom. The molecule has 1 atom stereocenters. The lowest BCUT2D eigenvalue weighted by molar-refractivity contribution is 0.0921. The van der Waals surface area contributed by atoms with Crippen molar-refractivity contribution in [3.8, 4) is 0 Å². The van der Waals surface area contributed by atoms with Gasteiger partial charge in [0.05, 0.1) is 10.8 Å². The molecule has 2 N–H and O–H groups in total. The van der Waals surface area contributed by atoms with Gasteiger partial charge in [0.1, 0.15) is 5.42 Å². The number of hydrogen-bond acceptors (Lipinski definition) is 5. The molecule has 1 amide bonds. The molecule has 0 bridgehead atoms. The van der Waals surface area contributed by atoms with Crippen molar-refractivity contribution < 1.29 is 13.4 Å². The first-order chi connectivity index (χ1) is 14.5. The Balaban J connectivity index is 1.54. The van der Waals surface area contributed by atoms with Gasteiger partial charge in [-0.3, -0.25) is 9.00 Å². The van der Waals surface area contributed by atoms with Crippen LogP contribution in [0.2, 0.25) is 0 Å². The van der Waals surface area contributed by atoms with Crippen LogP contribution in [0.15, 0.2) is 39.6 Å². The Kier molecular flexibility index (Phi) is 7.76. The van der Waals surface area contributed by atoms with Crippen LogP contribution in [-0.4, -0.2) is 46.1 Å². The Hall–Kier alpha value is -2.51. The van der Waals surface area contributed by atoms with Crippen molar-refractivity contribution in [2.45, 2.75) is 42.9 Å². The van der Waals surface area contributed by atoms with Crippen molar-refractivity contribution >= 4 is 35.6 Å². The largest absolute Gasteiger partial charge is 0.452 e. The van der Waals surface area contributed by atoms with Crippen molar-refractivity contribution in [2.75, 3.05) is 19.6 Å². The smallest absolute Gasteiger partial charge is 0.287 e. The first-order valence-corrected chi connectivity index (χ1v) is 11.5. The van der Waals surface area contributed by atoms with Crippen LogP contribution in [0, 0.1) is 5.41 Å². The zero-order chi connectivity index (χ0) is 21.5. The van der Waals surface area contributed by atoms with Crippen molar-refractivity contribution in [1.82, 2.24) is 10.2 Å². The lowest BCUT2D eigenvalue weighted by Crippen LogP contribution is -2.37. The minimum atomic E-state index is -0.999. The molecule has 3 rings (SSSR count). The van der Waals surface area contributed by atoms with Crippen LogP contribution in [0.4, 0.5) is 0 Å². The van der Waals surface area contributed by atoms with Crippen molar-refractivity contribution in [2.24, 2.45) is 0 Å². The minimum absolute atomic E-state index is 0.167. The zero-order valence-electron chi connectivity index (χ0n) is 17.4. The molecule has 1 fully saturated rings. The quantitative estimate of drug-likeness (QED) is 0.631. The molecule has 1 aliphatic heterocycles. The number of amides is 1. The summed E-state index contributed by atoms with van der Waals surface area (Å²) in [5.74, 6) is -0.170. The van der Waals surface area contributed by atoms with E-state index in [9.17, 15) is 9.00 Å². The number of nitrogens with zero attached hydrogens (tertiary/aromatic N) is 1. The molecule has 1 aromatic heterocycles. The maximum Gasteiger partial charge on any atom is 0.287 e. The second-order valence-corrected chi connectivity index (χ2v) is 9.22. The first-order valence-electron chi connectivity index (χ1n) is 10.3. The summed E-state index contributed by atoms with van der Waals surface area (Å²) in [6.45, 7) is 9.43. The third-order valence-corrected chi connectivity index (χ3v) is 7.13. The van der Waals surface area contributed by atoms with Gasteiger partial charge in [-0.15, -0.1) is 0 Å². The van der Waals surface area contributed by atoms with Gasteiger partial charge < -0.3 is 20.0 Å². The maximum absolute atomic E-state index is 12.9. The highest BCUT2D eigenvalue weighted by molar-refractivity contribution is 7.85. The Bertz CT molecular complexity index is 1010. The summed E-state index contributed by atoms with van der Waals surface area (Å²) in [6.07, 6.45) is 5.75. The summed E-state index contributed by atoms with van der Waals surface area (Å²) in [5, 5.41) is 10.8. The number of hydrogen-bond donors (Lipinski definition) is 2. The van der Waals surface area contributed by atoms with Crippen molar-refractivity contribution in [1.29, 1.82) is 5.41 Å².